The number of rotatable bonds is 1. The van der Waals surface area contributed by atoms with E-state index in [9.17, 15) is 8.42 Å². The SMILES string of the molecule is O=S(=O)(Cl)c1c(Cl)ccc2sc(Cl)nc12. The predicted octanol–water partition coefficient (Wildman–Crippen LogP) is 3.53. The average Bonchev–Trinajstić information content (AvgIpc) is 2.41. The predicted molar refractivity (Wildman–Crippen MR) is 62.7 cm³/mol. The summed E-state index contributed by atoms with van der Waals surface area (Å²) in [6.45, 7) is 0. The Bertz CT molecular complexity index is 635. The Morgan fingerprint density at radius 3 is 2.53 bits per heavy atom. The molecule has 1 heterocycles. The Balaban J connectivity index is 2.98. The van der Waals surface area contributed by atoms with Crippen molar-refractivity contribution < 1.29 is 8.42 Å². The quantitative estimate of drug-likeness (QED) is 0.757. The summed E-state index contributed by atoms with van der Waals surface area (Å²) in [4.78, 5) is 3.69. The third-order valence-electron chi connectivity index (χ3n) is 1.68. The van der Waals surface area contributed by atoms with Crippen LogP contribution in [0.2, 0.25) is 9.49 Å². The van der Waals surface area contributed by atoms with Crippen LogP contribution >= 0.6 is 45.2 Å². The van der Waals surface area contributed by atoms with Crippen LogP contribution in [0.4, 0.5) is 0 Å². The highest BCUT2D eigenvalue weighted by Crippen LogP contribution is 2.36. The summed E-state index contributed by atoms with van der Waals surface area (Å²) in [5.74, 6) is 0. The smallest absolute Gasteiger partial charge is 0.223 e. The molecule has 1 aromatic heterocycles. The van der Waals surface area contributed by atoms with Gasteiger partial charge in [0.05, 0.1) is 9.72 Å². The second kappa shape index (κ2) is 3.75. The van der Waals surface area contributed by atoms with Gasteiger partial charge in [-0.25, -0.2) is 13.4 Å². The Morgan fingerprint density at radius 1 is 1.27 bits per heavy atom. The minimum absolute atomic E-state index is 0.0412. The van der Waals surface area contributed by atoms with Crippen molar-refractivity contribution in [3.05, 3.63) is 21.6 Å². The Kier molecular flexibility index (Phi) is 2.85. The molecule has 0 atom stereocenters. The van der Waals surface area contributed by atoms with E-state index in [1.54, 1.807) is 6.07 Å². The maximum atomic E-state index is 11.3. The van der Waals surface area contributed by atoms with Gasteiger partial charge >= 0.3 is 0 Å². The number of nitrogens with zero attached hydrogens (tertiary/aromatic N) is 1. The van der Waals surface area contributed by atoms with Gasteiger partial charge in [-0.3, -0.25) is 0 Å². The lowest BCUT2D eigenvalue weighted by molar-refractivity contribution is 0.610. The van der Waals surface area contributed by atoms with E-state index in [0.717, 1.165) is 11.3 Å². The first-order valence-electron chi connectivity index (χ1n) is 3.59. The molecular weight excluding hydrogens is 301 g/mol. The molecule has 0 saturated heterocycles. The average molecular weight is 303 g/mol. The molecule has 0 spiro atoms. The number of thiazole rings is 1. The lowest BCUT2D eigenvalue weighted by Gasteiger charge is -1.99. The maximum absolute atomic E-state index is 11.3. The number of fused-ring (bicyclic) bond motifs is 1. The maximum Gasteiger partial charge on any atom is 0.264 e. The molecule has 0 radical (unpaired) electrons. The second-order valence-electron chi connectivity index (χ2n) is 2.63. The molecular formula is C7H2Cl3NO2S2. The summed E-state index contributed by atoms with van der Waals surface area (Å²) < 4.78 is 23.4. The van der Waals surface area contributed by atoms with E-state index in [2.05, 4.69) is 4.98 Å². The highest BCUT2D eigenvalue weighted by Gasteiger charge is 2.21. The van der Waals surface area contributed by atoms with E-state index in [0.29, 0.717) is 4.70 Å². The van der Waals surface area contributed by atoms with E-state index in [4.69, 9.17) is 33.9 Å². The van der Waals surface area contributed by atoms with E-state index < -0.39 is 9.05 Å². The van der Waals surface area contributed by atoms with E-state index in [-0.39, 0.29) is 19.9 Å². The van der Waals surface area contributed by atoms with Gasteiger partial charge < -0.3 is 0 Å². The molecule has 0 aliphatic rings. The number of hydrogen-bond donors (Lipinski definition) is 0. The van der Waals surface area contributed by atoms with Crippen molar-refractivity contribution in [3.8, 4) is 0 Å². The molecule has 0 unspecified atom stereocenters. The monoisotopic (exact) mass is 301 g/mol. The summed E-state index contributed by atoms with van der Waals surface area (Å²) >= 11 is 12.6. The molecule has 0 fully saturated rings. The second-order valence-corrected chi connectivity index (χ2v) is 7.15. The summed E-state index contributed by atoms with van der Waals surface area (Å²) in [6.07, 6.45) is 0. The van der Waals surface area contributed by atoms with Crippen LogP contribution < -0.4 is 0 Å². The number of halogens is 3. The Morgan fingerprint density at radius 2 is 1.93 bits per heavy atom. The molecule has 80 valence electrons. The highest BCUT2D eigenvalue weighted by atomic mass is 35.7. The van der Waals surface area contributed by atoms with Crippen LogP contribution in [0.25, 0.3) is 10.2 Å². The van der Waals surface area contributed by atoms with Crippen molar-refractivity contribution in [2.75, 3.05) is 0 Å². The van der Waals surface area contributed by atoms with E-state index >= 15 is 0 Å². The number of hydrogen-bond acceptors (Lipinski definition) is 4. The Labute approximate surface area is 104 Å². The van der Waals surface area contributed by atoms with Crippen LogP contribution in [0.15, 0.2) is 17.0 Å². The fourth-order valence-electron chi connectivity index (χ4n) is 1.15. The first-order chi connectivity index (χ1) is 6.89. The zero-order valence-electron chi connectivity index (χ0n) is 6.87. The van der Waals surface area contributed by atoms with Crippen LogP contribution in [0.5, 0.6) is 0 Å². The minimum Gasteiger partial charge on any atom is -0.223 e. The van der Waals surface area contributed by atoms with Crippen LogP contribution in [-0.2, 0) is 9.05 Å². The van der Waals surface area contributed by atoms with E-state index in [1.165, 1.54) is 6.07 Å². The zero-order valence-corrected chi connectivity index (χ0v) is 10.8. The van der Waals surface area contributed by atoms with Crippen molar-refractivity contribution in [1.29, 1.82) is 0 Å². The fourth-order valence-corrected chi connectivity index (χ4v) is 3.98. The van der Waals surface area contributed by atoms with Crippen molar-refractivity contribution in [3.63, 3.8) is 0 Å². The molecule has 2 aromatic rings. The normalized spacial score (nSPS) is 12.2. The van der Waals surface area contributed by atoms with Gasteiger partial charge in [0.15, 0.2) is 4.47 Å². The summed E-state index contributed by atoms with van der Waals surface area (Å²) in [5, 5.41) is 0.0412. The molecule has 3 nitrogen and oxygen atoms in total. The van der Waals surface area contributed by atoms with Crippen molar-refractivity contribution in [2.45, 2.75) is 4.90 Å². The largest absolute Gasteiger partial charge is 0.264 e. The third kappa shape index (κ3) is 2.07. The number of benzene rings is 1. The van der Waals surface area contributed by atoms with Gasteiger partial charge in [0.2, 0.25) is 0 Å². The zero-order chi connectivity index (χ0) is 11.2. The van der Waals surface area contributed by atoms with Gasteiger partial charge in [0.25, 0.3) is 9.05 Å². The van der Waals surface area contributed by atoms with E-state index in [1.807, 2.05) is 0 Å². The third-order valence-corrected chi connectivity index (χ3v) is 4.60. The minimum atomic E-state index is -3.92. The molecule has 0 saturated carbocycles. The molecule has 1 aromatic carbocycles. The van der Waals surface area contributed by atoms with Gasteiger partial charge in [-0.1, -0.05) is 23.2 Å². The Hall–Kier alpha value is -0.0700. The highest BCUT2D eigenvalue weighted by molar-refractivity contribution is 8.14. The first kappa shape index (κ1) is 11.4. The molecule has 0 amide bonds. The van der Waals surface area contributed by atoms with Crippen LogP contribution in [0.3, 0.4) is 0 Å². The fraction of sp³-hybridized carbons (Fsp3) is 0. The van der Waals surface area contributed by atoms with Crippen molar-refractivity contribution in [1.82, 2.24) is 4.98 Å². The van der Waals surface area contributed by atoms with Gasteiger partial charge in [0, 0.05) is 10.7 Å². The van der Waals surface area contributed by atoms with Gasteiger partial charge in [-0.2, -0.15) is 0 Å². The molecule has 0 N–H and O–H groups in total. The van der Waals surface area contributed by atoms with Crippen molar-refractivity contribution >= 4 is 64.5 Å². The summed E-state index contributed by atoms with van der Waals surface area (Å²) in [6, 6.07) is 3.10. The number of aromatic nitrogens is 1. The van der Waals surface area contributed by atoms with Crippen molar-refractivity contribution in [2.24, 2.45) is 0 Å². The van der Waals surface area contributed by atoms with Crippen LogP contribution in [0.1, 0.15) is 0 Å². The molecule has 0 aliphatic carbocycles. The molecule has 8 heteroatoms. The van der Waals surface area contributed by atoms with Gasteiger partial charge in [0.1, 0.15) is 10.4 Å². The van der Waals surface area contributed by atoms with Gasteiger partial charge in [-0.15, -0.1) is 11.3 Å². The topological polar surface area (TPSA) is 47.0 Å². The standard InChI is InChI=1S/C7H2Cl3NO2S2/c8-3-1-2-4-5(11-7(9)14-4)6(3)15(10,12)13/h1-2H. The molecule has 15 heavy (non-hydrogen) atoms. The molecule has 0 aliphatic heterocycles. The van der Waals surface area contributed by atoms with Gasteiger partial charge in [-0.05, 0) is 12.1 Å². The van der Waals surface area contributed by atoms with Crippen LogP contribution in [0, 0.1) is 0 Å². The lowest BCUT2D eigenvalue weighted by Crippen LogP contribution is -1.93. The summed E-state index contributed by atoms with van der Waals surface area (Å²) in [7, 11) is 1.34. The van der Waals surface area contributed by atoms with Crippen LogP contribution in [-0.4, -0.2) is 13.4 Å². The molecule has 0 bridgehead atoms. The first-order valence-corrected chi connectivity index (χ1v) is 7.47. The molecule has 2 rings (SSSR count). The summed E-state index contributed by atoms with van der Waals surface area (Å²) in [5.41, 5.74) is 0.215. The lowest BCUT2D eigenvalue weighted by atomic mass is 10.3.